The average Bonchev–Trinajstić information content (AvgIpc) is 2.84. The second kappa shape index (κ2) is 7.09. The molecule has 1 heterocycles. The number of rotatable bonds is 5. The van der Waals surface area contributed by atoms with Gasteiger partial charge in [0.1, 0.15) is 0 Å². The highest BCUT2D eigenvalue weighted by molar-refractivity contribution is 6.21. The Labute approximate surface area is 152 Å². The van der Waals surface area contributed by atoms with Crippen LogP contribution in [0.25, 0.3) is 0 Å². The normalized spacial score (nSPS) is 13.3. The summed E-state index contributed by atoms with van der Waals surface area (Å²) in [7, 11) is 5.43. The first-order valence-corrected chi connectivity index (χ1v) is 8.34. The molecule has 0 atom stereocenters. The van der Waals surface area contributed by atoms with Gasteiger partial charge in [0.25, 0.3) is 17.7 Å². The molecule has 0 aromatic heterocycles. The highest BCUT2D eigenvalue weighted by Crippen LogP contribution is 2.22. The first-order chi connectivity index (χ1) is 12.4. The van der Waals surface area contributed by atoms with Crippen molar-refractivity contribution in [2.24, 2.45) is 0 Å². The monoisotopic (exact) mass is 351 g/mol. The standard InChI is InChI=1S/C20H21N3O3/c1-22(2)12-15-7-5-4-6-14(15)11-21-18(24)13-8-9-16-17(10-13)20(26)23(3)19(16)25/h4-10H,11-12H2,1-3H3,(H,21,24). The highest BCUT2D eigenvalue weighted by atomic mass is 16.2. The van der Waals surface area contributed by atoms with E-state index in [1.807, 2.05) is 38.4 Å². The first kappa shape index (κ1) is 17.8. The van der Waals surface area contributed by atoms with E-state index in [1.54, 1.807) is 6.07 Å². The molecule has 3 rings (SSSR count). The number of hydrogen-bond acceptors (Lipinski definition) is 4. The van der Waals surface area contributed by atoms with E-state index in [1.165, 1.54) is 19.2 Å². The molecule has 3 amide bonds. The molecule has 26 heavy (non-hydrogen) atoms. The number of hydrogen-bond donors (Lipinski definition) is 1. The maximum atomic E-state index is 12.5. The SMILES string of the molecule is CN(C)Cc1ccccc1CNC(=O)c1ccc2c(c1)C(=O)N(C)C2=O. The van der Waals surface area contributed by atoms with Gasteiger partial charge in [-0.1, -0.05) is 24.3 Å². The molecule has 134 valence electrons. The van der Waals surface area contributed by atoms with Gasteiger partial charge in [-0.15, -0.1) is 0 Å². The van der Waals surface area contributed by atoms with Gasteiger partial charge in [0.05, 0.1) is 11.1 Å². The molecule has 1 aliphatic rings. The van der Waals surface area contributed by atoms with Crippen LogP contribution in [0.1, 0.15) is 42.2 Å². The summed E-state index contributed by atoms with van der Waals surface area (Å²) in [6, 6.07) is 12.5. The first-order valence-electron chi connectivity index (χ1n) is 8.34. The van der Waals surface area contributed by atoms with Gasteiger partial charge in [0.2, 0.25) is 0 Å². The molecule has 0 spiro atoms. The molecule has 0 saturated carbocycles. The van der Waals surface area contributed by atoms with E-state index >= 15 is 0 Å². The maximum Gasteiger partial charge on any atom is 0.261 e. The van der Waals surface area contributed by atoms with E-state index in [0.717, 1.165) is 22.6 Å². The van der Waals surface area contributed by atoms with Crippen molar-refractivity contribution in [3.63, 3.8) is 0 Å². The van der Waals surface area contributed by atoms with E-state index in [0.29, 0.717) is 17.7 Å². The number of benzene rings is 2. The van der Waals surface area contributed by atoms with Gasteiger partial charge in [-0.2, -0.15) is 0 Å². The summed E-state index contributed by atoms with van der Waals surface area (Å²) in [6.07, 6.45) is 0. The van der Waals surface area contributed by atoms with E-state index in [-0.39, 0.29) is 23.3 Å². The quantitative estimate of drug-likeness (QED) is 0.836. The number of carbonyl (C=O) groups is 3. The van der Waals surface area contributed by atoms with Crippen LogP contribution in [-0.2, 0) is 13.1 Å². The van der Waals surface area contributed by atoms with Crippen LogP contribution >= 0.6 is 0 Å². The number of fused-ring (bicyclic) bond motifs is 1. The van der Waals surface area contributed by atoms with E-state index in [4.69, 9.17) is 0 Å². The zero-order valence-electron chi connectivity index (χ0n) is 15.1. The molecule has 0 aliphatic carbocycles. The fourth-order valence-corrected chi connectivity index (χ4v) is 3.00. The summed E-state index contributed by atoms with van der Waals surface area (Å²) >= 11 is 0. The summed E-state index contributed by atoms with van der Waals surface area (Å²) in [6.45, 7) is 1.18. The van der Waals surface area contributed by atoms with Crippen LogP contribution in [0.2, 0.25) is 0 Å². The van der Waals surface area contributed by atoms with Crippen LogP contribution in [0.3, 0.4) is 0 Å². The van der Waals surface area contributed by atoms with Gasteiger partial charge < -0.3 is 10.2 Å². The summed E-state index contributed by atoms with van der Waals surface area (Å²) in [4.78, 5) is 39.6. The summed E-state index contributed by atoms with van der Waals surface area (Å²) in [5, 5.41) is 2.89. The Kier molecular flexibility index (Phi) is 4.86. The minimum absolute atomic E-state index is 0.276. The number of imide groups is 1. The Bertz CT molecular complexity index is 890. The van der Waals surface area contributed by atoms with Crippen molar-refractivity contribution in [2.75, 3.05) is 21.1 Å². The molecular weight excluding hydrogens is 330 g/mol. The summed E-state index contributed by atoms with van der Waals surface area (Å²) in [5.41, 5.74) is 3.17. The molecule has 6 heteroatoms. The average molecular weight is 351 g/mol. The summed E-state index contributed by atoms with van der Waals surface area (Å²) < 4.78 is 0. The van der Waals surface area contributed by atoms with Crippen LogP contribution < -0.4 is 5.32 Å². The smallest absolute Gasteiger partial charge is 0.261 e. The third-order valence-electron chi connectivity index (χ3n) is 4.40. The van der Waals surface area contributed by atoms with Crippen molar-refractivity contribution in [1.29, 1.82) is 0 Å². The lowest BCUT2D eigenvalue weighted by atomic mass is 10.0. The fourth-order valence-electron chi connectivity index (χ4n) is 3.00. The van der Waals surface area contributed by atoms with Gasteiger partial charge in [-0.05, 0) is 43.4 Å². The molecule has 0 fully saturated rings. The molecule has 2 aromatic carbocycles. The van der Waals surface area contributed by atoms with Gasteiger partial charge in [-0.25, -0.2) is 0 Å². The Morgan fingerprint density at radius 2 is 1.65 bits per heavy atom. The third kappa shape index (κ3) is 3.36. The van der Waals surface area contributed by atoms with Crippen LogP contribution in [0.4, 0.5) is 0 Å². The van der Waals surface area contributed by atoms with Gasteiger partial charge in [-0.3, -0.25) is 19.3 Å². The summed E-state index contributed by atoms with van der Waals surface area (Å²) in [5.74, 6) is -0.993. The highest BCUT2D eigenvalue weighted by Gasteiger charge is 2.33. The van der Waals surface area contributed by atoms with Crippen molar-refractivity contribution in [1.82, 2.24) is 15.1 Å². The maximum absolute atomic E-state index is 12.5. The van der Waals surface area contributed by atoms with E-state index in [9.17, 15) is 14.4 Å². The Morgan fingerprint density at radius 1 is 1.00 bits per heavy atom. The minimum Gasteiger partial charge on any atom is -0.348 e. The molecule has 6 nitrogen and oxygen atoms in total. The lowest BCUT2D eigenvalue weighted by molar-refractivity contribution is 0.0693. The van der Waals surface area contributed by atoms with Crippen LogP contribution in [0.15, 0.2) is 42.5 Å². The van der Waals surface area contributed by atoms with Crippen molar-refractivity contribution in [3.8, 4) is 0 Å². The Hall–Kier alpha value is -2.99. The van der Waals surface area contributed by atoms with Gasteiger partial charge >= 0.3 is 0 Å². The third-order valence-corrected chi connectivity index (χ3v) is 4.40. The molecule has 1 aliphatic heterocycles. The number of amides is 3. The molecule has 0 bridgehead atoms. The topological polar surface area (TPSA) is 69.7 Å². The number of carbonyl (C=O) groups excluding carboxylic acids is 3. The van der Waals surface area contributed by atoms with E-state index < -0.39 is 0 Å². The van der Waals surface area contributed by atoms with Crippen molar-refractivity contribution in [3.05, 3.63) is 70.3 Å². The lowest BCUT2D eigenvalue weighted by Gasteiger charge is -2.14. The molecule has 0 saturated heterocycles. The lowest BCUT2D eigenvalue weighted by Crippen LogP contribution is -2.25. The Balaban J connectivity index is 1.75. The largest absolute Gasteiger partial charge is 0.348 e. The molecular formula is C20H21N3O3. The molecule has 0 unspecified atom stereocenters. The molecule has 1 N–H and O–H groups in total. The molecule has 2 aromatic rings. The predicted octanol–water partition coefficient (Wildman–Crippen LogP) is 1.90. The van der Waals surface area contributed by atoms with Crippen LogP contribution in [-0.4, -0.2) is 48.7 Å². The van der Waals surface area contributed by atoms with Crippen LogP contribution in [0, 0.1) is 0 Å². The fraction of sp³-hybridized carbons (Fsp3) is 0.250. The van der Waals surface area contributed by atoms with Gasteiger partial charge in [0.15, 0.2) is 0 Å². The second-order valence-corrected chi connectivity index (χ2v) is 6.62. The van der Waals surface area contributed by atoms with Crippen molar-refractivity contribution < 1.29 is 14.4 Å². The number of nitrogens with zero attached hydrogens (tertiary/aromatic N) is 2. The minimum atomic E-state index is -0.379. The van der Waals surface area contributed by atoms with Gasteiger partial charge in [0, 0.05) is 25.7 Å². The Morgan fingerprint density at radius 3 is 2.35 bits per heavy atom. The number of nitrogens with one attached hydrogen (secondary N) is 1. The second-order valence-electron chi connectivity index (χ2n) is 6.62. The van der Waals surface area contributed by atoms with Crippen molar-refractivity contribution in [2.45, 2.75) is 13.1 Å². The zero-order chi connectivity index (χ0) is 18.8. The van der Waals surface area contributed by atoms with Crippen molar-refractivity contribution >= 4 is 17.7 Å². The van der Waals surface area contributed by atoms with Crippen LogP contribution in [0.5, 0.6) is 0 Å². The predicted molar refractivity (Wildman–Crippen MR) is 97.9 cm³/mol. The zero-order valence-corrected chi connectivity index (χ0v) is 15.1. The molecule has 0 radical (unpaired) electrons. The van der Waals surface area contributed by atoms with E-state index in [2.05, 4.69) is 10.2 Å².